The van der Waals surface area contributed by atoms with Crippen LogP contribution in [0.25, 0.3) is 0 Å². The molecule has 0 saturated carbocycles. The molecule has 0 aliphatic carbocycles. The normalized spacial score (nSPS) is 17.3. The van der Waals surface area contributed by atoms with Crippen LogP contribution in [0.2, 0.25) is 0 Å². The molecule has 0 fully saturated rings. The topological polar surface area (TPSA) is 120 Å². The van der Waals surface area contributed by atoms with Gasteiger partial charge >= 0.3 is 17.4 Å². The number of benzene rings is 3. The van der Waals surface area contributed by atoms with Gasteiger partial charge in [0.25, 0.3) is 0 Å². The largest absolute Gasteiger partial charge is 3.00 e. The quantitative estimate of drug-likeness (QED) is 0.191. The van der Waals surface area contributed by atoms with Gasteiger partial charge < -0.3 is 28.4 Å². The minimum Gasteiger partial charge on any atom is -0.799 e. The molecule has 3 rings (SSSR count). The van der Waals surface area contributed by atoms with Crippen LogP contribution in [0.15, 0.2) is 91.0 Å². The summed E-state index contributed by atoms with van der Waals surface area (Å²) in [6.45, 7) is 10.3. The molecule has 0 amide bonds. The summed E-state index contributed by atoms with van der Waals surface area (Å²) in [6, 6.07) is 27.9. The summed E-state index contributed by atoms with van der Waals surface area (Å²) in [5.41, 5.74) is 1.55. The third-order valence-electron chi connectivity index (χ3n) is 6.94. The molecule has 0 heterocycles. The van der Waals surface area contributed by atoms with E-state index in [4.69, 9.17) is 0 Å². The molecule has 0 aliphatic heterocycles. The van der Waals surface area contributed by atoms with E-state index < -0.39 is 22.1 Å². The molecule has 3 aromatic rings. The Balaban J connectivity index is 0.000000563. The van der Waals surface area contributed by atoms with Gasteiger partial charge in [-0.1, -0.05) is 133 Å². The van der Waals surface area contributed by atoms with E-state index in [1.165, 1.54) is 0 Å². The number of hydrogen-bond donors (Lipinski definition) is 0. The minimum atomic E-state index is -3.24. The monoisotopic (exact) mass is 618 g/mol. The van der Waals surface area contributed by atoms with Gasteiger partial charge in [-0.05, 0) is 35.2 Å². The first kappa shape index (κ1) is 38.8. The van der Waals surface area contributed by atoms with Crippen LogP contribution in [0.3, 0.4) is 0 Å². The Morgan fingerprint density at radius 3 is 0.800 bits per heavy atom. The second-order valence-electron chi connectivity index (χ2n) is 9.39. The molecule has 0 spiro atoms. The van der Waals surface area contributed by atoms with Crippen molar-refractivity contribution in [2.75, 3.05) is 18.5 Å². The number of rotatable bonds is 9. The van der Waals surface area contributed by atoms with Crippen LogP contribution in [0.4, 0.5) is 0 Å². The van der Waals surface area contributed by atoms with Crippen LogP contribution in [-0.2, 0) is 13.7 Å². The molecule has 216 valence electrons. The van der Waals surface area contributed by atoms with Gasteiger partial charge in [-0.3, -0.25) is 0 Å². The van der Waals surface area contributed by atoms with Crippen molar-refractivity contribution in [1.29, 1.82) is 0 Å². The van der Waals surface area contributed by atoms with E-state index in [1.54, 1.807) is 41.5 Å². The van der Waals surface area contributed by atoms with Crippen molar-refractivity contribution in [3.05, 3.63) is 108 Å². The van der Waals surface area contributed by atoms with Gasteiger partial charge in [0.15, 0.2) is 0 Å². The maximum Gasteiger partial charge on any atom is 3.00 e. The van der Waals surface area contributed by atoms with Crippen molar-refractivity contribution in [2.45, 2.75) is 58.5 Å². The maximum absolute atomic E-state index is 11.5. The molecule has 0 N–H and O–H groups in total. The molecular weight excluding hydrogens is 576 g/mol. The van der Waals surface area contributed by atoms with Crippen LogP contribution < -0.4 is 14.7 Å². The van der Waals surface area contributed by atoms with E-state index in [-0.39, 0.29) is 52.8 Å². The fourth-order valence-electron chi connectivity index (χ4n) is 3.70. The average Bonchev–Trinajstić information content (AvgIpc) is 2.97. The molecule has 6 atom stereocenters. The molecule has 0 aliphatic rings. The Hall–Kier alpha value is -1.24. The zero-order chi connectivity index (χ0) is 29.7. The Kier molecular flexibility index (Phi) is 17.8. The van der Waals surface area contributed by atoms with Gasteiger partial charge in [0.2, 0.25) is 0 Å². The summed E-state index contributed by atoms with van der Waals surface area (Å²) in [7, 11) is -9.71. The van der Waals surface area contributed by atoms with E-state index in [9.17, 15) is 28.4 Å². The predicted octanol–water partition coefficient (Wildman–Crippen LogP) is 6.84. The van der Waals surface area contributed by atoms with Crippen molar-refractivity contribution in [2.24, 2.45) is 0 Å². The van der Waals surface area contributed by atoms with Gasteiger partial charge in [0.05, 0.1) is 0 Å². The SMILES string of the molecule is CCP(=O)([O-])C(C)c1ccccc1.CCP(=O)([O-])C(C)c1ccccc1.CCP(=O)([O-])C(C)c1ccccc1.[Al+3]. The Morgan fingerprint density at radius 2 is 0.650 bits per heavy atom. The molecule has 0 bridgehead atoms. The summed E-state index contributed by atoms with van der Waals surface area (Å²) < 4.78 is 34.6. The molecule has 3 aromatic carbocycles. The molecule has 10 heteroatoms. The zero-order valence-corrected chi connectivity index (χ0v) is 28.2. The predicted molar refractivity (Wildman–Crippen MR) is 165 cm³/mol. The summed E-state index contributed by atoms with van der Waals surface area (Å²) in [5.74, 6) is 0. The first-order valence-electron chi connectivity index (χ1n) is 13.3. The van der Waals surface area contributed by atoms with Crippen LogP contribution in [-0.4, -0.2) is 35.8 Å². The van der Waals surface area contributed by atoms with Crippen molar-refractivity contribution in [1.82, 2.24) is 0 Å². The van der Waals surface area contributed by atoms with Gasteiger partial charge in [0, 0.05) is 39.1 Å². The summed E-state index contributed by atoms with van der Waals surface area (Å²) in [4.78, 5) is 34.6. The molecule has 0 aromatic heterocycles. The second-order valence-corrected chi connectivity index (χ2v) is 18.0. The molecule has 6 nitrogen and oxygen atoms in total. The van der Waals surface area contributed by atoms with Crippen LogP contribution in [0, 0.1) is 0 Å². The summed E-state index contributed by atoms with van der Waals surface area (Å²) >= 11 is 0. The fraction of sp³-hybridized carbons (Fsp3) is 0.400. The van der Waals surface area contributed by atoms with Crippen molar-refractivity contribution in [3.8, 4) is 0 Å². The Labute approximate surface area is 251 Å². The van der Waals surface area contributed by atoms with Gasteiger partial charge in [0.1, 0.15) is 0 Å². The second kappa shape index (κ2) is 18.3. The van der Waals surface area contributed by atoms with Crippen LogP contribution >= 0.6 is 22.1 Å². The molecule has 0 radical (unpaired) electrons. The third-order valence-corrected chi connectivity index (χ3v) is 14.0. The van der Waals surface area contributed by atoms with Crippen LogP contribution in [0.5, 0.6) is 0 Å². The molecule has 0 saturated heterocycles. The maximum atomic E-state index is 11.5. The van der Waals surface area contributed by atoms with Gasteiger partial charge in [-0.2, -0.15) is 0 Å². The van der Waals surface area contributed by atoms with E-state index in [2.05, 4.69) is 0 Å². The standard InChI is InChI=1S/3C10H15O2P.Al/c3*1-3-13(11,12)9(2)10-7-5-4-6-8-10;/h3*4-9H,3H2,1-2H3,(H,11,12);/q;;;+3/p-3. The van der Waals surface area contributed by atoms with Crippen molar-refractivity contribution in [3.63, 3.8) is 0 Å². The molecule has 6 unspecified atom stereocenters. The summed E-state index contributed by atoms with van der Waals surface area (Å²) in [5, 5.41) is 0. The third kappa shape index (κ3) is 12.3. The van der Waals surface area contributed by atoms with E-state index >= 15 is 0 Å². The first-order chi connectivity index (χ1) is 18.2. The van der Waals surface area contributed by atoms with Crippen molar-refractivity contribution >= 4 is 39.5 Å². The van der Waals surface area contributed by atoms with Crippen LogP contribution in [0.1, 0.15) is 75.2 Å². The molecule has 40 heavy (non-hydrogen) atoms. The van der Waals surface area contributed by atoms with E-state index in [1.807, 2.05) is 91.0 Å². The smallest absolute Gasteiger partial charge is 0.799 e. The van der Waals surface area contributed by atoms with Gasteiger partial charge in [-0.25, -0.2) is 0 Å². The Morgan fingerprint density at radius 1 is 0.475 bits per heavy atom. The van der Waals surface area contributed by atoms with Crippen molar-refractivity contribution < 1.29 is 28.4 Å². The zero-order valence-electron chi connectivity index (χ0n) is 24.4. The number of hydrogen-bond acceptors (Lipinski definition) is 6. The average molecular weight is 619 g/mol. The Bertz CT molecular complexity index is 1090. The van der Waals surface area contributed by atoms with Gasteiger partial charge in [-0.15, -0.1) is 0 Å². The van der Waals surface area contributed by atoms with E-state index in [0.29, 0.717) is 0 Å². The molecular formula is C30H42AlO6P3. The fourth-order valence-corrected chi connectivity index (χ4v) is 7.22. The summed E-state index contributed by atoms with van der Waals surface area (Å²) in [6.07, 6.45) is 0.676. The van der Waals surface area contributed by atoms with E-state index in [0.717, 1.165) is 16.7 Å². The minimum absolute atomic E-state index is 0. The first-order valence-corrected chi connectivity index (χ1v) is 18.9.